The Morgan fingerprint density at radius 2 is 1.62 bits per heavy atom. The third kappa shape index (κ3) is 4.49. The maximum atomic E-state index is 13.0. The van der Waals surface area contributed by atoms with Crippen LogP contribution in [-0.4, -0.2) is 16.8 Å². The van der Waals surface area contributed by atoms with E-state index in [1.807, 2.05) is 0 Å². The molecular weight excluding hydrogens is 417 g/mol. The van der Waals surface area contributed by atoms with Crippen LogP contribution in [0.5, 0.6) is 5.75 Å². The number of aromatic hydroxyl groups is 1. The lowest BCUT2D eigenvalue weighted by Gasteiger charge is -2.06. The molecule has 32 heavy (non-hydrogen) atoms. The van der Waals surface area contributed by atoms with Crippen LogP contribution in [-0.2, 0) is 6.42 Å². The third-order valence-electron chi connectivity index (χ3n) is 4.56. The van der Waals surface area contributed by atoms with E-state index in [9.17, 15) is 23.9 Å². The number of nitrogens with one attached hydrogen (secondary N) is 1. The normalized spacial score (nSPS) is 10.7. The highest BCUT2D eigenvalue weighted by atomic mass is 19.1. The first kappa shape index (κ1) is 20.8. The zero-order valence-corrected chi connectivity index (χ0v) is 16.5. The zero-order chi connectivity index (χ0) is 22.7. The molecule has 2 aromatic heterocycles. The van der Waals surface area contributed by atoms with Gasteiger partial charge in [0.1, 0.15) is 11.6 Å². The topological polar surface area (TPSA) is 110 Å². The molecule has 0 aliphatic heterocycles. The molecule has 0 aliphatic carbocycles. The summed E-state index contributed by atoms with van der Waals surface area (Å²) >= 11 is 0. The molecule has 0 atom stereocenters. The van der Waals surface area contributed by atoms with Crippen molar-refractivity contribution >= 4 is 17.4 Å². The number of hydrogen-bond donors (Lipinski definition) is 2. The molecule has 2 heterocycles. The Bertz CT molecular complexity index is 1340. The zero-order valence-electron chi connectivity index (χ0n) is 16.5. The standard InChI is InChI=1S/C24H16FNO6/c25-15-8-6-14(7-9-15)12-17-10-11-19(31-17)22(29)23-21(28)18(27)13-20(32-23)24(30)26-16-4-2-1-3-5-16/h1-11,13,28H,12H2,(H,26,30). The van der Waals surface area contributed by atoms with E-state index >= 15 is 0 Å². The number of carbonyl (C=O) groups excluding carboxylic acids is 2. The summed E-state index contributed by atoms with van der Waals surface area (Å²) in [5.41, 5.74) is 0.266. The number of anilines is 1. The third-order valence-corrected chi connectivity index (χ3v) is 4.56. The van der Waals surface area contributed by atoms with Crippen LogP contribution in [0.3, 0.4) is 0 Å². The Balaban J connectivity index is 1.58. The minimum absolute atomic E-state index is 0.193. The van der Waals surface area contributed by atoms with Crippen molar-refractivity contribution in [3.05, 3.63) is 117 Å². The summed E-state index contributed by atoms with van der Waals surface area (Å²) < 4.78 is 23.8. The summed E-state index contributed by atoms with van der Waals surface area (Å²) in [5, 5.41) is 12.6. The lowest BCUT2D eigenvalue weighted by Crippen LogP contribution is -2.17. The van der Waals surface area contributed by atoms with Crippen LogP contribution in [0.25, 0.3) is 0 Å². The summed E-state index contributed by atoms with van der Waals surface area (Å²) in [7, 11) is 0. The van der Waals surface area contributed by atoms with Gasteiger partial charge in [0, 0.05) is 18.2 Å². The van der Waals surface area contributed by atoms with E-state index in [1.165, 1.54) is 24.3 Å². The summed E-state index contributed by atoms with van der Waals surface area (Å²) in [5.74, 6) is -3.91. The second-order valence-electron chi connectivity index (χ2n) is 6.87. The Morgan fingerprint density at radius 1 is 0.906 bits per heavy atom. The highest BCUT2D eigenvalue weighted by Crippen LogP contribution is 2.22. The van der Waals surface area contributed by atoms with Gasteiger partial charge in [0.2, 0.25) is 16.9 Å². The molecule has 0 radical (unpaired) electrons. The van der Waals surface area contributed by atoms with Gasteiger partial charge in [0.25, 0.3) is 11.7 Å². The Labute approximate surface area is 180 Å². The fourth-order valence-electron chi connectivity index (χ4n) is 2.98. The van der Waals surface area contributed by atoms with Gasteiger partial charge in [0.05, 0.1) is 0 Å². The number of halogens is 1. The molecule has 160 valence electrons. The van der Waals surface area contributed by atoms with Crippen LogP contribution in [0.4, 0.5) is 10.1 Å². The molecule has 0 fully saturated rings. The predicted octanol–water partition coefficient (Wildman–Crippen LogP) is 4.15. The van der Waals surface area contributed by atoms with Crippen LogP contribution in [0.1, 0.15) is 38.2 Å². The summed E-state index contributed by atoms with van der Waals surface area (Å²) in [6.45, 7) is 0. The molecule has 0 saturated carbocycles. The van der Waals surface area contributed by atoms with E-state index in [1.54, 1.807) is 42.5 Å². The number of furan rings is 1. The van der Waals surface area contributed by atoms with E-state index in [-0.39, 0.29) is 11.6 Å². The van der Waals surface area contributed by atoms with Crippen molar-refractivity contribution in [2.75, 3.05) is 5.32 Å². The van der Waals surface area contributed by atoms with Crippen molar-refractivity contribution < 1.29 is 27.9 Å². The van der Waals surface area contributed by atoms with E-state index in [4.69, 9.17) is 8.83 Å². The molecule has 0 spiro atoms. The molecule has 4 rings (SSSR count). The average Bonchev–Trinajstić information content (AvgIpc) is 3.26. The molecule has 2 N–H and O–H groups in total. The number of para-hydroxylation sites is 1. The quantitative estimate of drug-likeness (QED) is 0.442. The molecular formula is C24H16FNO6. The van der Waals surface area contributed by atoms with Gasteiger partial charge in [-0.15, -0.1) is 0 Å². The molecule has 1 amide bonds. The van der Waals surface area contributed by atoms with E-state index < -0.39 is 34.4 Å². The van der Waals surface area contributed by atoms with Gasteiger partial charge in [-0.2, -0.15) is 0 Å². The van der Waals surface area contributed by atoms with Gasteiger partial charge in [-0.25, -0.2) is 4.39 Å². The minimum Gasteiger partial charge on any atom is -0.501 e. The summed E-state index contributed by atoms with van der Waals surface area (Å²) in [6.07, 6.45) is 0.295. The molecule has 4 aromatic rings. The van der Waals surface area contributed by atoms with Gasteiger partial charge >= 0.3 is 0 Å². The molecule has 7 nitrogen and oxygen atoms in total. The minimum atomic E-state index is -0.948. The van der Waals surface area contributed by atoms with Crippen LogP contribution < -0.4 is 10.7 Å². The number of amides is 1. The maximum Gasteiger partial charge on any atom is 0.291 e. The van der Waals surface area contributed by atoms with Crippen molar-refractivity contribution in [2.24, 2.45) is 0 Å². The first-order chi connectivity index (χ1) is 15.4. The molecule has 8 heteroatoms. The average molecular weight is 433 g/mol. The first-order valence-corrected chi connectivity index (χ1v) is 9.52. The van der Waals surface area contributed by atoms with Gasteiger partial charge in [-0.3, -0.25) is 14.4 Å². The lowest BCUT2D eigenvalue weighted by molar-refractivity contribution is 0.0953. The second kappa shape index (κ2) is 8.73. The van der Waals surface area contributed by atoms with Crippen molar-refractivity contribution in [1.29, 1.82) is 0 Å². The van der Waals surface area contributed by atoms with Crippen molar-refractivity contribution in [2.45, 2.75) is 6.42 Å². The van der Waals surface area contributed by atoms with Crippen LogP contribution >= 0.6 is 0 Å². The SMILES string of the molecule is O=C(Nc1ccccc1)c1cc(=O)c(O)c(C(=O)c2ccc(Cc3ccc(F)cc3)o2)o1. The van der Waals surface area contributed by atoms with Gasteiger partial charge in [0.15, 0.2) is 11.5 Å². The van der Waals surface area contributed by atoms with Crippen LogP contribution in [0.15, 0.2) is 86.4 Å². The highest BCUT2D eigenvalue weighted by Gasteiger charge is 2.25. The van der Waals surface area contributed by atoms with Crippen molar-refractivity contribution in [3.8, 4) is 5.75 Å². The summed E-state index contributed by atoms with van der Waals surface area (Å²) in [6, 6.07) is 17.9. The lowest BCUT2D eigenvalue weighted by atomic mass is 10.1. The second-order valence-corrected chi connectivity index (χ2v) is 6.87. The van der Waals surface area contributed by atoms with Gasteiger partial charge < -0.3 is 19.3 Å². The van der Waals surface area contributed by atoms with Crippen molar-refractivity contribution in [1.82, 2.24) is 0 Å². The predicted molar refractivity (Wildman–Crippen MR) is 112 cm³/mol. The summed E-state index contributed by atoms with van der Waals surface area (Å²) in [4.78, 5) is 37.4. The largest absolute Gasteiger partial charge is 0.501 e. The van der Waals surface area contributed by atoms with Crippen molar-refractivity contribution in [3.63, 3.8) is 0 Å². The molecule has 0 unspecified atom stereocenters. The van der Waals surface area contributed by atoms with Crippen LogP contribution in [0.2, 0.25) is 0 Å². The Kier molecular flexibility index (Phi) is 5.67. The number of benzene rings is 2. The van der Waals surface area contributed by atoms with E-state index in [0.717, 1.165) is 11.6 Å². The molecule has 2 aromatic carbocycles. The number of carbonyl (C=O) groups is 2. The Hall–Kier alpha value is -4.46. The fourth-order valence-corrected chi connectivity index (χ4v) is 2.98. The fraction of sp³-hybridized carbons (Fsp3) is 0.0417. The van der Waals surface area contributed by atoms with Crippen LogP contribution in [0, 0.1) is 5.82 Å². The number of ketones is 1. The van der Waals surface area contributed by atoms with E-state index in [2.05, 4.69) is 5.32 Å². The molecule has 0 bridgehead atoms. The maximum absolute atomic E-state index is 13.0. The van der Waals surface area contributed by atoms with Gasteiger partial charge in [-0.1, -0.05) is 30.3 Å². The van der Waals surface area contributed by atoms with Gasteiger partial charge in [-0.05, 0) is 42.0 Å². The Morgan fingerprint density at radius 3 is 2.34 bits per heavy atom. The molecule has 0 aliphatic rings. The first-order valence-electron chi connectivity index (χ1n) is 9.52. The number of rotatable bonds is 6. The number of hydrogen-bond acceptors (Lipinski definition) is 6. The molecule has 0 saturated heterocycles. The van der Waals surface area contributed by atoms with E-state index in [0.29, 0.717) is 17.9 Å². The smallest absolute Gasteiger partial charge is 0.291 e. The highest BCUT2D eigenvalue weighted by molar-refractivity contribution is 6.08. The monoisotopic (exact) mass is 433 g/mol.